The van der Waals surface area contributed by atoms with Crippen LogP contribution in [0.25, 0.3) is 0 Å². The summed E-state index contributed by atoms with van der Waals surface area (Å²) in [4.78, 5) is 11.2. The van der Waals surface area contributed by atoms with Gasteiger partial charge in [-0.1, -0.05) is 13.3 Å². The maximum Gasteiger partial charge on any atom is 0.322 e. The van der Waals surface area contributed by atoms with Crippen LogP contribution in [0.3, 0.4) is 0 Å². The number of carboxylic acid groups (broad SMARTS) is 1. The zero-order chi connectivity index (χ0) is 12.6. The van der Waals surface area contributed by atoms with Crippen LogP contribution in [0.4, 0.5) is 0 Å². The van der Waals surface area contributed by atoms with Gasteiger partial charge in [-0.25, -0.2) is 8.42 Å². The van der Waals surface area contributed by atoms with Crippen molar-refractivity contribution in [3.8, 4) is 0 Å². The Hall–Kier alpha value is -0.620. The van der Waals surface area contributed by atoms with E-state index in [1.165, 1.54) is 4.31 Å². The second-order valence-corrected chi connectivity index (χ2v) is 7.17. The molecule has 2 fully saturated rings. The molecule has 2 unspecified atom stereocenters. The lowest BCUT2D eigenvalue weighted by molar-refractivity contribution is -0.143. The minimum atomic E-state index is -3.36. The summed E-state index contributed by atoms with van der Waals surface area (Å²) in [5.74, 6) is -0.672. The Balaban J connectivity index is 2.18. The molecule has 0 radical (unpaired) electrons. The zero-order valence-electron chi connectivity index (χ0n) is 10.0. The van der Waals surface area contributed by atoms with Crippen LogP contribution < -0.4 is 0 Å². The second-order valence-electron chi connectivity index (χ2n) is 5.01. The lowest BCUT2D eigenvalue weighted by atomic mass is 9.90. The third-order valence-electron chi connectivity index (χ3n) is 3.80. The highest BCUT2D eigenvalue weighted by Crippen LogP contribution is 2.36. The zero-order valence-corrected chi connectivity index (χ0v) is 10.8. The van der Waals surface area contributed by atoms with Crippen molar-refractivity contribution in [2.24, 2.45) is 5.92 Å². The topological polar surface area (TPSA) is 74.7 Å². The minimum absolute atomic E-state index is 0.317. The molecule has 0 aromatic rings. The molecule has 0 spiro atoms. The van der Waals surface area contributed by atoms with Crippen LogP contribution in [0, 0.1) is 5.92 Å². The number of carboxylic acids is 1. The third kappa shape index (κ3) is 2.47. The maximum atomic E-state index is 12.1. The van der Waals surface area contributed by atoms with Gasteiger partial charge in [-0.15, -0.1) is 0 Å². The highest BCUT2D eigenvalue weighted by atomic mass is 32.2. The molecular formula is C11H19NO4S. The Morgan fingerprint density at radius 1 is 1.35 bits per heavy atom. The first kappa shape index (κ1) is 12.8. The van der Waals surface area contributed by atoms with Crippen molar-refractivity contribution in [3.63, 3.8) is 0 Å². The molecule has 5 nitrogen and oxygen atoms in total. The summed E-state index contributed by atoms with van der Waals surface area (Å²) in [6.45, 7) is 2.39. The van der Waals surface area contributed by atoms with Gasteiger partial charge in [0, 0.05) is 6.54 Å². The standard InChI is InChI=1S/C11H19NO4S/c1-2-8-5-6-12(10(7-8)11(13)14)17(15,16)9-3-4-9/h8-10H,2-7H2,1H3,(H,13,14). The summed E-state index contributed by atoms with van der Waals surface area (Å²) in [6.07, 6.45) is 3.52. The average Bonchev–Trinajstić information content (AvgIpc) is 3.12. The normalized spacial score (nSPS) is 31.4. The van der Waals surface area contributed by atoms with E-state index in [0.717, 1.165) is 12.8 Å². The van der Waals surface area contributed by atoms with E-state index in [-0.39, 0.29) is 5.25 Å². The van der Waals surface area contributed by atoms with Crippen molar-refractivity contribution in [3.05, 3.63) is 0 Å². The number of hydrogen-bond acceptors (Lipinski definition) is 3. The van der Waals surface area contributed by atoms with Gasteiger partial charge in [0.2, 0.25) is 10.0 Å². The van der Waals surface area contributed by atoms with E-state index in [1.807, 2.05) is 6.92 Å². The molecule has 98 valence electrons. The van der Waals surface area contributed by atoms with Gasteiger partial charge >= 0.3 is 5.97 Å². The van der Waals surface area contributed by atoms with Crippen LogP contribution in [0.1, 0.15) is 39.0 Å². The second kappa shape index (κ2) is 4.57. The number of piperidine rings is 1. The van der Waals surface area contributed by atoms with Gasteiger partial charge < -0.3 is 5.11 Å². The summed E-state index contributed by atoms with van der Waals surface area (Å²) in [5.41, 5.74) is 0. The van der Waals surface area contributed by atoms with Gasteiger partial charge in [0.05, 0.1) is 5.25 Å². The molecule has 1 aliphatic carbocycles. The maximum absolute atomic E-state index is 12.1. The van der Waals surface area contributed by atoms with E-state index < -0.39 is 22.0 Å². The minimum Gasteiger partial charge on any atom is -0.480 e. The molecule has 2 rings (SSSR count). The molecule has 1 aliphatic heterocycles. The molecule has 1 saturated carbocycles. The molecule has 0 amide bonds. The number of hydrogen-bond donors (Lipinski definition) is 1. The highest BCUT2D eigenvalue weighted by molar-refractivity contribution is 7.90. The summed E-state index contributed by atoms with van der Waals surface area (Å²) in [6, 6.07) is -0.848. The lowest BCUT2D eigenvalue weighted by Crippen LogP contribution is -2.51. The van der Waals surface area contributed by atoms with Gasteiger partial charge in [0.15, 0.2) is 0 Å². The van der Waals surface area contributed by atoms with Crippen molar-refractivity contribution in [1.82, 2.24) is 4.31 Å². The van der Waals surface area contributed by atoms with E-state index in [9.17, 15) is 18.3 Å². The predicted octanol–water partition coefficient (Wildman–Crippen LogP) is 1.05. The van der Waals surface area contributed by atoms with Gasteiger partial charge in [0.25, 0.3) is 0 Å². The fourth-order valence-electron chi connectivity index (χ4n) is 2.47. The molecule has 0 bridgehead atoms. The van der Waals surface area contributed by atoms with Crippen molar-refractivity contribution in [2.75, 3.05) is 6.54 Å². The number of rotatable bonds is 4. The SMILES string of the molecule is CCC1CCN(S(=O)(=O)C2CC2)C(C(=O)O)C1. The molecule has 0 aromatic carbocycles. The quantitative estimate of drug-likeness (QED) is 0.821. The Bertz CT molecular complexity index is 402. The van der Waals surface area contributed by atoms with E-state index in [4.69, 9.17) is 0 Å². The fourth-order valence-corrected chi connectivity index (χ4v) is 4.48. The number of nitrogens with zero attached hydrogens (tertiary/aromatic N) is 1. The fraction of sp³-hybridized carbons (Fsp3) is 0.909. The number of carbonyl (C=O) groups is 1. The average molecular weight is 261 g/mol. The molecule has 17 heavy (non-hydrogen) atoms. The molecule has 1 N–H and O–H groups in total. The van der Waals surface area contributed by atoms with Gasteiger partial charge in [-0.2, -0.15) is 4.31 Å². The smallest absolute Gasteiger partial charge is 0.322 e. The summed E-state index contributed by atoms with van der Waals surface area (Å²) < 4.78 is 25.5. The molecule has 1 heterocycles. The van der Waals surface area contributed by atoms with E-state index in [2.05, 4.69) is 0 Å². The van der Waals surface area contributed by atoms with Crippen molar-refractivity contribution < 1.29 is 18.3 Å². The van der Waals surface area contributed by atoms with Crippen LogP contribution in [0.15, 0.2) is 0 Å². The largest absolute Gasteiger partial charge is 0.480 e. The summed E-state index contributed by atoms with van der Waals surface area (Å²) in [5, 5.41) is 8.86. The summed E-state index contributed by atoms with van der Waals surface area (Å²) in [7, 11) is -3.36. The first-order chi connectivity index (χ1) is 7.96. The third-order valence-corrected chi connectivity index (χ3v) is 6.20. The van der Waals surface area contributed by atoms with E-state index in [1.54, 1.807) is 0 Å². The highest BCUT2D eigenvalue weighted by Gasteiger charge is 2.46. The Labute approximate surface area is 102 Å². The van der Waals surface area contributed by atoms with Gasteiger partial charge in [-0.3, -0.25) is 4.79 Å². The van der Waals surface area contributed by atoms with Gasteiger partial charge in [-0.05, 0) is 31.6 Å². The van der Waals surface area contributed by atoms with Gasteiger partial charge in [0.1, 0.15) is 6.04 Å². The Morgan fingerprint density at radius 3 is 2.47 bits per heavy atom. The molecular weight excluding hydrogens is 242 g/mol. The molecule has 2 atom stereocenters. The summed E-state index contributed by atoms with van der Waals surface area (Å²) >= 11 is 0. The molecule has 1 saturated heterocycles. The number of sulfonamides is 1. The van der Waals surface area contributed by atoms with E-state index in [0.29, 0.717) is 31.7 Å². The molecule has 0 aromatic heterocycles. The predicted molar refractivity (Wildman–Crippen MR) is 63.1 cm³/mol. The number of aliphatic carboxylic acids is 1. The first-order valence-electron chi connectivity index (χ1n) is 6.20. The van der Waals surface area contributed by atoms with Crippen LogP contribution in [0.5, 0.6) is 0 Å². The Morgan fingerprint density at radius 2 is 2.00 bits per heavy atom. The monoisotopic (exact) mass is 261 g/mol. The lowest BCUT2D eigenvalue weighted by Gasteiger charge is -2.36. The van der Waals surface area contributed by atoms with Crippen LogP contribution in [0.2, 0.25) is 0 Å². The van der Waals surface area contributed by atoms with E-state index >= 15 is 0 Å². The Kier molecular flexibility index (Phi) is 3.45. The molecule has 6 heteroatoms. The van der Waals surface area contributed by atoms with Crippen molar-refractivity contribution in [1.29, 1.82) is 0 Å². The van der Waals surface area contributed by atoms with Crippen molar-refractivity contribution in [2.45, 2.75) is 50.3 Å². The molecule has 2 aliphatic rings. The first-order valence-corrected chi connectivity index (χ1v) is 7.70. The van der Waals surface area contributed by atoms with Crippen molar-refractivity contribution >= 4 is 16.0 Å². The van der Waals surface area contributed by atoms with Crippen LogP contribution >= 0.6 is 0 Å². The van der Waals surface area contributed by atoms with Crippen LogP contribution in [-0.4, -0.2) is 41.6 Å². The van der Waals surface area contributed by atoms with Crippen LogP contribution in [-0.2, 0) is 14.8 Å².